The number of halogens is 2. The molecule has 0 amide bonds. The number of carboxylic acids is 1. The molecule has 3 unspecified atom stereocenters. The van der Waals surface area contributed by atoms with Crippen molar-refractivity contribution in [3.63, 3.8) is 0 Å². The number of aliphatic carboxylic acids is 1. The predicted octanol–water partition coefficient (Wildman–Crippen LogP) is 2.54. The van der Waals surface area contributed by atoms with Crippen molar-refractivity contribution in [2.45, 2.75) is 31.6 Å². The maximum absolute atomic E-state index is 10.6. The number of alkyl halides is 1. The van der Waals surface area contributed by atoms with Gasteiger partial charge in [-0.2, -0.15) is 0 Å². The summed E-state index contributed by atoms with van der Waals surface area (Å²) in [5.74, 6) is -0.466. The van der Waals surface area contributed by atoms with Crippen molar-refractivity contribution >= 4 is 30.0 Å². The lowest BCUT2D eigenvalue weighted by atomic mass is 9.82. The summed E-state index contributed by atoms with van der Waals surface area (Å²) in [5, 5.41) is 8.88. The highest BCUT2D eigenvalue weighted by atomic mass is 35.5. The molecule has 2 nitrogen and oxygen atoms in total. The number of rotatable bonds is 1. The maximum Gasteiger partial charge on any atom is 0.306 e. The number of hydrogen-bond acceptors (Lipinski definition) is 1. The first kappa shape index (κ1) is 12.0. The zero-order valence-corrected chi connectivity index (χ0v) is 8.57. The quantitative estimate of drug-likeness (QED) is 0.679. The molecule has 1 aliphatic rings. The van der Waals surface area contributed by atoms with E-state index in [2.05, 4.69) is 0 Å². The lowest BCUT2D eigenvalue weighted by Crippen LogP contribution is -2.27. The molecule has 0 aromatic carbocycles. The van der Waals surface area contributed by atoms with Crippen LogP contribution in [0.1, 0.15) is 26.2 Å². The normalized spacial score (nSPS) is 35.3. The zero-order chi connectivity index (χ0) is 8.43. The van der Waals surface area contributed by atoms with Crippen LogP contribution in [-0.2, 0) is 4.79 Å². The monoisotopic (exact) mass is 212 g/mol. The van der Waals surface area contributed by atoms with E-state index in [1.807, 2.05) is 6.92 Å². The average Bonchev–Trinajstić information content (AvgIpc) is 1.94. The van der Waals surface area contributed by atoms with Crippen molar-refractivity contribution in [2.24, 2.45) is 11.8 Å². The molecule has 0 radical (unpaired) electrons. The minimum Gasteiger partial charge on any atom is -0.481 e. The summed E-state index contributed by atoms with van der Waals surface area (Å²) < 4.78 is 0. The molecule has 1 N–H and O–H groups in total. The van der Waals surface area contributed by atoms with Gasteiger partial charge in [0.25, 0.3) is 0 Å². The van der Waals surface area contributed by atoms with Crippen LogP contribution in [0.15, 0.2) is 0 Å². The van der Waals surface area contributed by atoms with Crippen LogP contribution < -0.4 is 0 Å². The summed E-state index contributed by atoms with van der Waals surface area (Å²) in [6.45, 7) is 2.02. The molecule has 1 fully saturated rings. The van der Waals surface area contributed by atoms with Gasteiger partial charge in [0.15, 0.2) is 0 Å². The van der Waals surface area contributed by atoms with E-state index in [0.717, 1.165) is 19.3 Å². The van der Waals surface area contributed by atoms with Crippen molar-refractivity contribution in [2.75, 3.05) is 0 Å². The van der Waals surface area contributed by atoms with Crippen LogP contribution >= 0.6 is 24.0 Å². The van der Waals surface area contributed by atoms with Gasteiger partial charge in [-0.25, -0.2) is 0 Å². The van der Waals surface area contributed by atoms with Crippen LogP contribution in [-0.4, -0.2) is 16.5 Å². The van der Waals surface area contributed by atoms with Crippen LogP contribution in [0.3, 0.4) is 0 Å². The summed E-state index contributed by atoms with van der Waals surface area (Å²) in [5.41, 5.74) is 0. The van der Waals surface area contributed by atoms with Gasteiger partial charge in [0.1, 0.15) is 0 Å². The van der Waals surface area contributed by atoms with Crippen molar-refractivity contribution in [3.05, 3.63) is 0 Å². The van der Waals surface area contributed by atoms with Crippen LogP contribution in [0.5, 0.6) is 0 Å². The Morgan fingerprint density at radius 1 is 1.50 bits per heavy atom. The second-order valence-electron chi connectivity index (χ2n) is 3.34. The summed E-state index contributed by atoms with van der Waals surface area (Å²) in [6.07, 6.45) is 2.33. The van der Waals surface area contributed by atoms with Crippen LogP contribution in [0.25, 0.3) is 0 Å². The van der Waals surface area contributed by atoms with E-state index in [4.69, 9.17) is 16.7 Å². The highest BCUT2D eigenvalue weighted by molar-refractivity contribution is 6.20. The minimum absolute atomic E-state index is 0. The lowest BCUT2D eigenvalue weighted by Gasteiger charge is -2.27. The molecule has 4 heteroatoms. The zero-order valence-electron chi connectivity index (χ0n) is 7.00. The Morgan fingerprint density at radius 2 is 2.08 bits per heavy atom. The molecule has 0 aliphatic heterocycles. The van der Waals surface area contributed by atoms with Crippen molar-refractivity contribution in [1.82, 2.24) is 0 Å². The van der Waals surface area contributed by atoms with Gasteiger partial charge in [0.2, 0.25) is 0 Å². The first-order valence-corrected chi connectivity index (χ1v) is 4.41. The van der Waals surface area contributed by atoms with Crippen molar-refractivity contribution in [1.29, 1.82) is 0 Å². The number of carbonyl (C=O) groups is 1. The van der Waals surface area contributed by atoms with Gasteiger partial charge in [0, 0.05) is 5.38 Å². The van der Waals surface area contributed by atoms with E-state index in [1.165, 1.54) is 0 Å². The van der Waals surface area contributed by atoms with E-state index in [0.29, 0.717) is 5.92 Å². The minimum atomic E-state index is -0.666. The molecule has 0 aromatic rings. The Kier molecular flexibility index (Phi) is 4.95. The number of carboxylic acid groups (broad SMARTS) is 1. The topological polar surface area (TPSA) is 37.3 Å². The summed E-state index contributed by atoms with van der Waals surface area (Å²) in [7, 11) is 0. The fourth-order valence-electron chi connectivity index (χ4n) is 1.58. The molecule has 3 atom stereocenters. The maximum atomic E-state index is 10.6. The Balaban J connectivity index is 0.00000121. The smallest absolute Gasteiger partial charge is 0.306 e. The molecule has 1 aliphatic carbocycles. The third-order valence-corrected chi connectivity index (χ3v) is 3.06. The largest absolute Gasteiger partial charge is 0.481 e. The third kappa shape index (κ3) is 2.83. The Hall–Kier alpha value is 0.0500. The Bertz CT molecular complexity index is 161. The van der Waals surface area contributed by atoms with Crippen molar-refractivity contribution in [3.8, 4) is 0 Å². The molecule has 1 saturated carbocycles. The Morgan fingerprint density at radius 3 is 2.50 bits per heavy atom. The van der Waals surface area contributed by atoms with E-state index < -0.39 is 5.97 Å². The first-order chi connectivity index (χ1) is 5.11. The molecular formula is C8H14Cl2O2. The molecule has 0 aromatic heterocycles. The van der Waals surface area contributed by atoms with Gasteiger partial charge in [-0.05, 0) is 25.2 Å². The number of hydrogen-bond donors (Lipinski definition) is 1. The fraction of sp³-hybridized carbons (Fsp3) is 0.875. The van der Waals surface area contributed by atoms with E-state index in [-0.39, 0.29) is 23.7 Å². The van der Waals surface area contributed by atoms with E-state index >= 15 is 0 Å². The Labute approximate surface area is 83.7 Å². The van der Waals surface area contributed by atoms with Gasteiger partial charge >= 0.3 is 5.97 Å². The van der Waals surface area contributed by atoms with Gasteiger partial charge in [0.05, 0.1) is 5.92 Å². The van der Waals surface area contributed by atoms with E-state index in [9.17, 15) is 4.79 Å². The van der Waals surface area contributed by atoms with E-state index in [1.54, 1.807) is 0 Å². The molecule has 72 valence electrons. The highest BCUT2D eigenvalue weighted by Crippen LogP contribution is 2.32. The molecule has 1 rings (SSSR count). The first-order valence-electron chi connectivity index (χ1n) is 3.98. The fourth-order valence-corrected chi connectivity index (χ4v) is 1.81. The van der Waals surface area contributed by atoms with Crippen LogP contribution in [0.4, 0.5) is 0 Å². The molecule has 0 bridgehead atoms. The molecule has 0 heterocycles. The van der Waals surface area contributed by atoms with Gasteiger partial charge in [-0.1, -0.05) is 6.92 Å². The molecule has 0 saturated heterocycles. The van der Waals surface area contributed by atoms with Crippen LogP contribution in [0, 0.1) is 11.8 Å². The highest BCUT2D eigenvalue weighted by Gasteiger charge is 2.29. The summed E-state index contributed by atoms with van der Waals surface area (Å²) in [4.78, 5) is 10.6. The van der Waals surface area contributed by atoms with Gasteiger partial charge in [-0.3, -0.25) is 4.79 Å². The lowest BCUT2D eigenvalue weighted by molar-refractivity contribution is -0.143. The second kappa shape index (κ2) is 4.93. The van der Waals surface area contributed by atoms with Gasteiger partial charge < -0.3 is 5.11 Å². The average molecular weight is 213 g/mol. The predicted molar refractivity (Wildman–Crippen MR) is 51.0 cm³/mol. The second-order valence-corrected chi connectivity index (χ2v) is 3.90. The third-order valence-electron chi connectivity index (χ3n) is 2.41. The molecule has 0 spiro atoms. The van der Waals surface area contributed by atoms with Gasteiger partial charge in [-0.15, -0.1) is 24.0 Å². The molecule has 12 heavy (non-hydrogen) atoms. The van der Waals surface area contributed by atoms with Crippen molar-refractivity contribution < 1.29 is 9.90 Å². The SMILES string of the molecule is CC1CC(C(=O)O)CCC1Cl.Cl. The van der Waals surface area contributed by atoms with Crippen LogP contribution in [0.2, 0.25) is 0 Å². The summed E-state index contributed by atoms with van der Waals surface area (Å²) in [6, 6.07) is 0. The summed E-state index contributed by atoms with van der Waals surface area (Å²) >= 11 is 5.94. The molecular weight excluding hydrogens is 199 g/mol. The standard InChI is InChI=1S/C8H13ClO2.ClH/c1-5-4-6(8(10)11)2-3-7(5)9;/h5-7H,2-4H2,1H3,(H,10,11);1H.